The van der Waals surface area contributed by atoms with Gasteiger partial charge in [-0.25, -0.2) is 0 Å². The molecule has 0 unspecified atom stereocenters. The zero-order chi connectivity index (χ0) is 16.0. The quantitative estimate of drug-likeness (QED) is 0.795. The summed E-state index contributed by atoms with van der Waals surface area (Å²) in [6.45, 7) is 5.69. The lowest BCUT2D eigenvalue weighted by molar-refractivity contribution is 0.0998. The molecular weight excluding hydrogens is 284 g/mol. The van der Waals surface area contributed by atoms with E-state index < -0.39 is 0 Å². The van der Waals surface area contributed by atoms with Crippen LogP contribution in [0.3, 0.4) is 0 Å². The summed E-state index contributed by atoms with van der Waals surface area (Å²) in [7, 11) is 0. The number of aryl methyl sites for hydroxylation is 2. The average Bonchev–Trinajstić information content (AvgIpc) is 3.33. The molecule has 4 rings (SSSR count). The van der Waals surface area contributed by atoms with Gasteiger partial charge in [-0.05, 0) is 57.2 Å². The van der Waals surface area contributed by atoms with E-state index in [0.717, 1.165) is 30.6 Å². The van der Waals surface area contributed by atoms with Gasteiger partial charge < -0.3 is 9.47 Å². The molecule has 3 nitrogen and oxygen atoms in total. The summed E-state index contributed by atoms with van der Waals surface area (Å²) in [5.41, 5.74) is 5.91. The van der Waals surface area contributed by atoms with Crippen molar-refractivity contribution in [2.45, 2.75) is 45.6 Å². The Bertz CT molecular complexity index is 755. The molecule has 1 aliphatic carbocycles. The van der Waals surface area contributed by atoms with Crippen LogP contribution < -0.4 is 4.90 Å². The maximum absolute atomic E-state index is 12.9. The molecule has 0 radical (unpaired) electrons. The highest BCUT2D eigenvalue weighted by Gasteiger charge is 2.29. The van der Waals surface area contributed by atoms with Gasteiger partial charge >= 0.3 is 0 Å². The first-order valence-electron chi connectivity index (χ1n) is 8.69. The lowest BCUT2D eigenvalue weighted by Gasteiger charge is -2.30. The van der Waals surface area contributed by atoms with Gasteiger partial charge in [0.2, 0.25) is 0 Å². The van der Waals surface area contributed by atoms with Crippen molar-refractivity contribution in [2.75, 3.05) is 18.0 Å². The molecule has 0 atom stereocenters. The van der Waals surface area contributed by atoms with Crippen LogP contribution in [0.2, 0.25) is 0 Å². The number of Topliss-reactive ketones (excluding diaryl/α,β-unsaturated/α-hetero) is 1. The van der Waals surface area contributed by atoms with Crippen molar-refractivity contribution >= 4 is 11.5 Å². The minimum absolute atomic E-state index is 0.252. The molecule has 1 aromatic carbocycles. The standard InChI is InChI=1S/C20H24N2O/c1-14-12-18(15(2)22(14)17-9-10-17)20(23)13-21-11-5-7-16-6-3-4-8-19(16)21/h3-4,6,8,12,17H,5,7,9-11,13H2,1-2H3. The van der Waals surface area contributed by atoms with Gasteiger partial charge in [0.25, 0.3) is 0 Å². The van der Waals surface area contributed by atoms with E-state index >= 15 is 0 Å². The first-order valence-corrected chi connectivity index (χ1v) is 8.69. The summed E-state index contributed by atoms with van der Waals surface area (Å²) in [5, 5.41) is 0. The number of rotatable bonds is 4. The molecule has 0 bridgehead atoms. The Labute approximate surface area is 137 Å². The number of anilines is 1. The Balaban J connectivity index is 1.58. The van der Waals surface area contributed by atoms with E-state index in [1.54, 1.807) is 0 Å². The summed E-state index contributed by atoms with van der Waals surface area (Å²) in [6, 6.07) is 11.2. The van der Waals surface area contributed by atoms with Crippen molar-refractivity contribution in [1.82, 2.24) is 4.57 Å². The molecule has 120 valence electrons. The van der Waals surface area contributed by atoms with Crippen LogP contribution in [0, 0.1) is 13.8 Å². The molecule has 2 aromatic rings. The number of benzene rings is 1. The normalized spacial score (nSPS) is 17.2. The zero-order valence-corrected chi connectivity index (χ0v) is 14.0. The van der Waals surface area contributed by atoms with Crippen molar-refractivity contribution in [3.8, 4) is 0 Å². The lowest BCUT2D eigenvalue weighted by atomic mass is 10.0. The number of ketones is 1. The van der Waals surface area contributed by atoms with Crippen LogP contribution in [0.15, 0.2) is 30.3 Å². The van der Waals surface area contributed by atoms with Crippen LogP contribution in [-0.4, -0.2) is 23.4 Å². The maximum Gasteiger partial charge on any atom is 0.183 e. The first kappa shape index (κ1) is 14.6. The average molecular weight is 308 g/mol. The molecule has 23 heavy (non-hydrogen) atoms. The van der Waals surface area contributed by atoms with E-state index in [1.165, 1.54) is 29.8 Å². The monoisotopic (exact) mass is 308 g/mol. The number of aromatic nitrogens is 1. The summed E-state index contributed by atoms with van der Waals surface area (Å²) in [4.78, 5) is 15.2. The fourth-order valence-electron chi connectivity index (χ4n) is 3.99. The van der Waals surface area contributed by atoms with Crippen molar-refractivity contribution in [2.24, 2.45) is 0 Å². The Morgan fingerprint density at radius 3 is 2.78 bits per heavy atom. The van der Waals surface area contributed by atoms with E-state index in [0.29, 0.717) is 12.6 Å². The summed E-state index contributed by atoms with van der Waals surface area (Å²) < 4.78 is 2.36. The van der Waals surface area contributed by atoms with Crippen LogP contribution in [0.25, 0.3) is 0 Å². The Kier molecular flexibility index (Phi) is 3.51. The number of hydrogen-bond acceptors (Lipinski definition) is 2. The van der Waals surface area contributed by atoms with Gasteiger partial charge in [-0.15, -0.1) is 0 Å². The highest BCUT2D eigenvalue weighted by molar-refractivity contribution is 6.00. The van der Waals surface area contributed by atoms with Crippen molar-refractivity contribution in [3.05, 3.63) is 52.8 Å². The van der Waals surface area contributed by atoms with Crippen LogP contribution in [0.4, 0.5) is 5.69 Å². The minimum Gasteiger partial charge on any atom is -0.364 e. The fraction of sp³-hybridized carbons (Fsp3) is 0.450. The molecule has 1 aliphatic heterocycles. The molecule has 3 heteroatoms. The zero-order valence-electron chi connectivity index (χ0n) is 14.0. The number of fused-ring (bicyclic) bond motifs is 1. The van der Waals surface area contributed by atoms with Gasteiger partial charge in [0, 0.05) is 35.2 Å². The summed E-state index contributed by atoms with van der Waals surface area (Å²) in [5.74, 6) is 0.252. The largest absolute Gasteiger partial charge is 0.364 e. The van der Waals surface area contributed by atoms with Crippen LogP contribution in [0.5, 0.6) is 0 Å². The highest BCUT2D eigenvalue weighted by atomic mass is 16.1. The van der Waals surface area contributed by atoms with Crippen molar-refractivity contribution in [3.63, 3.8) is 0 Å². The summed E-state index contributed by atoms with van der Waals surface area (Å²) >= 11 is 0. The fourth-order valence-corrected chi connectivity index (χ4v) is 3.99. The third-order valence-corrected chi connectivity index (χ3v) is 5.24. The Morgan fingerprint density at radius 2 is 2.00 bits per heavy atom. The lowest BCUT2D eigenvalue weighted by Crippen LogP contribution is -2.34. The minimum atomic E-state index is 0.252. The van der Waals surface area contributed by atoms with Gasteiger partial charge in [-0.3, -0.25) is 4.79 Å². The van der Waals surface area contributed by atoms with E-state index in [4.69, 9.17) is 0 Å². The Hall–Kier alpha value is -2.03. The van der Waals surface area contributed by atoms with E-state index in [2.05, 4.69) is 53.6 Å². The molecule has 2 aliphatic rings. The number of hydrogen-bond donors (Lipinski definition) is 0. The highest BCUT2D eigenvalue weighted by Crippen LogP contribution is 2.38. The van der Waals surface area contributed by atoms with E-state index in [9.17, 15) is 4.79 Å². The number of nitrogens with zero attached hydrogens (tertiary/aromatic N) is 2. The number of para-hydroxylation sites is 1. The Morgan fingerprint density at radius 1 is 1.22 bits per heavy atom. The molecule has 0 saturated heterocycles. The molecule has 0 amide bonds. The molecule has 1 fully saturated rings. The van der Waals surface area contributed by atoms with E-state index in [1.807, 2.05) is 0 Å². The molecule has 0 spiro atoms. The molecule has 1 saturated carbocycles. The summed E-state index contributed by atoms with van der Waals surface area (Å²) in [6.07, 6.45) is 4.76. The SMILES string of the molecule is Cc1cc(C(=O)CN2CCCc3ccccc32)c(C)n1C1CC1. The van der Waals surface area contributed by atoms with Crippen molar-refractivity contribution < 1.29 is 4.79 Å². The second kappa shape index (κ2) is 5.55. The predicted molar refractivity (Wildman–Crippen MR) is 93.5 cm³/mol. The molecule has 0 N–H and O–H groups in total. The van der Waals surface area contributed by atoms with Gasteiger partial charge in [0.05, 0.1) is 6.54 Å². The second-order valence-corrected chi connectivity index (χ2v) is 6.96. The van der Waals surface area contributed by atoms with Crippen LogP contribution in [-0.2, 0) is 6.42 Å². The number of carbonyl (C=O) groups excluding carboxylic acids is 1. The topological polar surface area (TPSA) is 25.2 Å². The molecule has 1 aromatic heterocycles. The predicted octanol–water partition coefficient (Wildman–Crippen LogP) is 4.08. The molecule has 2 heterocycles. The molecular formula is C20H24N2O. The van der Waals surface area contributed by atoms with Gasteiger partial charge in [-0.1, -0.05) is 18.2 Å². The van der Waals surface area contributed by atoms with Gasteiger partial charge in [0.15, 0.2) is 5.78 Å². The maximum atomic E-state index is 12.9. The van der Waals surface area contributed by atoms with Crippen LogP contribution in [0.1, 0.15) is 52.6 Å². The first-order chi connectivity index (χ1) is 11.1. The van der Waals surface area contributed by atoms with Gasteiger partial charge in [0.1, 0.15) is 0 Å². The second-order valence-electron chi connectivity index (χ2n) is 6.96. The smallest absolute Gasteiger partial charge is 0.183 e. The van der Waals surface area contributed by atoms with Crippen LogP contribution >= 0.6 is 0 Å². The van der Waals surface area contributed by atoms with Gasteiger partial charge in [-0.2, -0.15) is 0 Å². The number of carbonyl (C=O) groups is 1. The van der Waals surface area contributed by atoms with Crippen molar-refractivity contribution in [1.29, 1.82) is 0 Å². The third-order valence-electron chi connectivity index (χ3n) is 5.24. The van der Waals surface area contributed by atoms with E-state index in [-0.39, 0.29) is 5.78 Å². The third kappa shape index (κ3) is 2.58.